The minimum atomic E-state index is -0.717. The van der Waals surface area contributed by atoms with E-state index in [0.29, 0.717) is 29.8 Å². The highest BCUT2D eigenvalue weighted by atomic mass is 16.5. The van der Waals surface area contributed by atoms with Crippen molar-refractivity contribution in [3.05, 3.63) is 40.3 Å². The van der Waals surface area contributed by atoms with Crippen molar-refractivity contribution in [1.29, 1.82) is 0 Å². The second kappa shape index (κ2) is 9.12. The van der Waals surface area contributed by atoms with Crippen LogP contribution in [-0.4, -0.2) is 34.8 Å². The second-order valence-electron chi connectivity index (χ2n) is 6.55. The third-order valence-corrected chi connectivity index (χ3v) is 3.83. The van der Waals surface area contributed by atoms with E-state index in [4.69, 9.17) is 4.74 Å². The normalized spacial score (nSPS) is 10.9. The van der Waals surface area contributed by atoms with Crippen LogP contribution in [0.4, 0.5) is 0 Å². The third kappa shape index (κ3) is 4.91. The van der Waals surface area contributed by atoms with Crippen LogP contribution >= 0.6 is 0 Å². The molecule has 0 aliphatic rings. The average Bonchev–Trinajstić information content (AvgIpc) is 2.64. The Morgan fingerprint density at radius 1 is 1.23 bits per heavy atom. The molecule has 1 heterocycles. The number of esters is 1. The van der Waals surface area contributed by atoms with Gasteiger partial charge in [-0.2, -0.15) is 5.10 Å². The summed E-state index contributed by atoms with van der Waals surface area (Å²) in [5.74, 6) is -0.774. The number of ether oxygens (including phenoxy) is 1. The van der Waals surface area contributed by atoms with Gasteiger partial charge in [0.15, 0.2) is 12.3 Å². The lowest BCUT2D eigenvalue weighted by Crippen LogP contribution is -2.32. The van der Waals surface area contributed by atoms with Gasteiger partial charge in [0.25, 0.3) is 11.5 Å². The van der Waals surface area contributed by atoms with Crippen molar-refractivity contribution in [3.8, 4) is 0 Å². The fourth-order valence-electron chi connectivity index (χ4n) is 2.41. The maximum absolute atomic E-state index is 12.5. The van der Waals surface area contributed by atoms with Crippen molar-refractivity contribution < 1.29 is 14.3 Å². The Kier molecular flexibility index (Phi) is 6.89. The zero-order valence-corrected chi connectivity index (χ0v) is 15.4. The quantitative estimate of drug-likeness (QED) is 0.729. The molecule has 140 valence electrons. The minimum absolute atomic E-state index is 0.0490. The molecule has 1 N–H and O–H groups in total. The first kappa shape index (κ1) is 19.6. The molecule has 0 aliphatic carbocycles. The summed E-state index contributed by atoms with van der Waals surface area (Å²) in [4.78, 5) is 36.7. The number of nitrogens with zero attached hydrogens (tertiary/aromatic N) is 2. The first-order chi connectivity index (χ1) is 12.4. The molecule has 2 rings (SSSR count). The monoisotopic (exact) mass is 359 g/mol. The first-order valence-corrected chi connectivity index (χ1v) is 8.87. The van der Waals surface area contributed by atoms with Gasteiger partial charge in [-0.3, -0.25) is 9.59 Å². The van der Waals surface area contributed by atoms with Gasteiger partial charge in [0, 0.05) is 18.5 Å². The van der Waals surface area contributed by atoms with Gasteiger partial charge in [-0.25, -0.2) is 9.48 Å². The standard InChI is InChI=1S/C19H25N3O4/c1-4-5-10-22-18(24)15-9-7-6-8-14(15)17(21-22)19(25)26-12-16(23)20-11-13(2)3/h6-9,13H,4-5,10-12H2,1-3H3,(H,20,23). The van der Waals surface area contributed by atoms with Gasteiger partial charge in [0.1, 0.15) is 0 Å². The summed E-state index contributed by atoms with van der Waals surface area (Å²) in [6.07, 6.45) is 1.67. The van der Waals surface area contributed by atoms with E-state index in [1.807, 2.05) is 20.8 Å². The Balaban J connectivity index is 2.24. The number of benzene rings is 1. The lowest BCUT2D eigenvalue weighted by atomic mass is 10.1. The fourth-order valence-corrected chi connectivity index (χ4v) is 2.41. The van der Waals surface area contributed by atoms with E-state index in [-0.39, 0.29) is 23.8 Å². The number of unbranched alkanes of at least 4 members (excludes halogenated alkanes) is 1. The van der Waals surface area contributed by atoms with Gasteiger partial charge in [0.2, 0.25) is 0 Å². The molecule has 7 nitrogen and oxygen atoms in total. The lowest BCUT2D eigenvalue weighted by Gasteiger charge is -2.11. The van der Waals surface area contributed by atoms with Crippen molar-refractivity contribution >= 4 is 22.6 Å². The Labute approximate surface area is 152 Å². The van der Waals surface area contributed by atoms with Crippen LogP contribution in [0.5, 0.6) is 0 Å². The van der Waals surface area contributed by atoms with Gasteiger partial charge >= 0.3 is 5.97 Å². The largest absolute Gasteiger partial charge is 0.451 e. The topological polar surface area (TPSA) is 90.3 Å². The predicted molar refractivity (Wildman–Crippen MR) is 99.0 cm³/mol. The molecular weight excluding hydrogens is 334 g/mol. The molecular formula is C19H25N3O4. The Morgan fingerprint density at radius 3 is 2.58 bits per heavy atom. The molecule has 0 atom stereocenters. The van der Waals surface area contributed by atoms with Crippen molar-refractivity contribution in [3.63, 3.8) is 0 Å². The summed E-state index contributed by atoms with van der Waals surface area (Å²) in [7, 11) is 0. The number of aromatic nitrogens is 2. The number of carbonyl (C=O) groups excluding carboxylic acids is 2. The lowest BCUT2D eigenvalue weighted by molar-refractivity contribution is -0.124. The average molecular weight is 359 g/mol. The van der Waals surface area contributed by atoms with Crippen LogP contribution in [0.15, 0.2) is 29.1 Å². The minimum Gasteiger partial charge on any atom is -0.451 e. The molecule has 26 heavy (non-hydrogen) atoms. The van der Waals surface area contributed by atoms with Crippen molar-refractivity contribution in [1.82, 2.24) is 15.1 Å². The molecule has 0 spiro atoms. The number of fused-ring (bicyclic) bond motifs is 1. The van der Waals surface area contributed by atoms with E-state index in [0.717, 1.165) is 12.8 Å². The zero-order valence-electron chi connectivity index (χ0n) is 15.4. The van der Waals surface area contributed by atoms with Crippen LogP contribution in [0, 0.1) is 5.92 Å². The third-order valence-electron chi connectivity index (χ3n) is 3.83. The van der Waals surface area contributed by atoms with Gasteiger partial charge in [-0.1, -0.05) is 45.4 Å². The number of aryl methyl sites for hydroxylation is 1. The van der Waals surface area contributed by atoms with Crippen LogP contribution < -0.4 is 10.9 Å². The number of nitrogens with one attached hydrogen (secondary N) is 1. The highest BCUT2D eigenvalue weighted by molar-refractivity contribution is 6.02. The smallest absolute Gasteiger partial charge is 0.359 e. The predicted octanol–water partition coefficient (Wildman–Crippen LogP) is 2.13. The highest BCUT2D eigenvalue weighted by Crippen LogP contribution is 2.14. The Hall–Kier alpha value is -2.70. The van der Waals surface area contributed by atoms with E-state index in [1.165, 1.54) is 4.68 Å². The number of hydrogen-bond acceptors (Lipinski definition) is 5. The molecule has 0 fully saturated rings. The SMILES string of the molecule is CCCCn1nc(C(=O)OCC(=O)NCC(C)C)c2ccccc2c1=O. The Morgan fingerprint density at radius 2 is 1.92 bits per heavy atom. The molecule has 1 aromatic heterocycles. The highest BCUT2D eigenvalue weighted by Gasteiger charge is 2.18. The number of hydrogen-bond donors (Lipinski definition) is 1. The molecule has 1 aromatic carbocycles. The second-order valence-corrected chi connectivity index (χ2v) is 6.55. The van der Waals surface area contributed by atoms with Gasteiger partial charge in [0.05, 0.1) is 5.39 Å². The Bertz CT molecular complexity index is 842. The van der Waals surface area contributed by atoms with E-state index in [9.17, 15) is 14.4 Å². The first-order valence-electron chi connectivity index (χ1n) is 8.87. The molecule has 7 heteroatoms. The molecule has 0 radical (unpaired) electrons. The summed E-state index contributed by atoms with van der Waals surface area (Å²) in [6.45, 7) is 6.52. The molecule has 0 saturated heterocycles. The van der Waals surface area contributed by atoms with Crippen LogP contribution in [0.25, 0.3) is 10.8 Å². The van der Waals surface area contributed by atoms with E-state index < -0.39 is 5.97 Å². The molecule has 0 aliphatic heterocycles. The van der Waals surface area contributed by atoms with E-state index >= 15 is 0 Å². The molecule has 1 amide bonds. The molecule has 2 aromatic rings. The number of rotatable bonds is 8. The number of carbonyl (C=O) groups is 2. The van der Waals surface area contributed by atoms with Crippen LogP contribution in [0.1, 0.15) is 44.1 Å². The summed E-state index contributed by atoms with van der Waals surface area (Å²) in [6, 6.07) is 6.78. The number of amides is 1. The van der Waals surface area contributed by atoms with Crippen molar-refractivity contribution in [2.75, 3.05) is 13.2 Å². The van der Waals surface area contributed by atoms with Crippen LogP contribution in [0.2, 0.25) is 0 Å². The van der Waals surface area contributed by atoms with Crippen LogP contribution in [-0.2, 0) is 16.1 Å². The summed E-state index contributed by atoms with van der Waals surface area (Å²) in [5.41, 5.74) is -0.187. The van der Waals surface area contributed by atoms with E-state index in [2.05, 4.69) is 10.4 Å². The molecule has 0 saturated carbocycles. The maximum atomic E-state index is 12.5. The van der Waals surface area contributed by atoms with Gasteiger partial charge in [-0.15, -0.1) is 0 Å². The zero-order chi connectivity index (χ0) is 19.1. The fraction of sp³-hybridized carbons (Fsp3) is 0.474. The summed E-state index contributed by atoms with van der Waals surface area (Å²) >= 11 is 0. The van der Waals surface area contributed by atoms with Gasteiger partial charge in [-0.05, 0) is 18.4 Å². The van der Waals surface area contributed by atoms with Crippen molar-refractivity contribution in [2.24, 2.45) is 5.92 Å². The van der Waals surface area contributed by atoms with Crippen LogP contribution in [0.3, 0.4) is 0 Å². The van der Waals surface area contributed by atoms with E-state index in [1.54, 1.807) is 24.3 Å². The molecule has 0 unspecified atom stereocenters. The summed E-state index contributed by atoms with van der Waals surface area (Å²) in [5, 5.41) is 7.71. The summed E-state index contributed by atoms with van der Waals surface area (Å²) < 4.78 is 6.39. The van der Waals surface area contributed by atoms with Crippen molar-refractivity contribution in [2.45, 2.75) is 40.2 Å². The molecule has 0 bridgehead atoms. The maximum Gasteiger partial charge on any atom is 0.359 e. The van der Waals surface area contributed by atoms with Gasteiger partial charge < -0.3 is 10.1 Å².